The lowest BCUT2D eigenvalue weighted by Gasteiger charge is -2.04. The molecule has 3 nitrogen and oxygen atoms in total. The lowest BCUT2D eigenvalue weighted by atomic mass is 10.1. The van der Waals surface area contributed by atoms with Crippen LogP contribution in [-0.4, -0.2) is 12.3 Å². The highest BCUT2D eigenvalue weighted by Crippen LogP contribution is 2.13. The first kappa shape index (κ1) is 12.2. The normalized spacial score (nSPS) is 11.3. The summed E-state index contributed by atoms with van der Waals surface area (Å²) in [5.41, 5.74) is 2.84. The van der Waals surface area contributed by atoms with E-state index in [1.807, 2.05) is 43.3 Å². The van der Waals surface area contributed by atoms with Gasteiger partial charge >= 0.3 is 0 Å². The highest BCUT2D eigenvalue weighted by atomic mass is 16.6. The molecule has 0 amide bonds. The largest absolute Gasteiger partial charge is 0.463 e. The molecule has 1 aromatic heterocycles. The Labute approximate surface area is 106 Å². The number of oxime groups is 1. The van der Waals surface area contributed by atoms with Crippen LogP contribution in [-0.2, 0) is 4.84 Å². The molecule has 1 heterocycles. The Bertz CT molecular complexity index is 524. The van der Waals surface area contributed by atoms with Gasteiger partial charge in [0.2, 0.25) is 0 Å². The van der Waals surface area contributed by atoms with Crippen LogP contribution in [0.25, 0.3) is 0 Å². The lowest BCUT2D eigenvalue weighted by molar-refractivity contribution is 0.174. The molecule has 92 valence electrons. The third-order valence-corrected chi connectivity index (χ3v) is 2.43. The van der Waals surface area contributed by atoms with E-state index in [0.717, 1.165) is 5.56 Å². The maximum Gasteiger partial charge on any atom is 0.156 e. The van der Waals surface area contributed by atoms with Gasteiger partial charge in [0.05, 0.1) is 6.26 Å². The van der Waals surface area contributed by atoms with Crippen molar-refractivity contribution >= 4 is 5.71 Å². The van der Waals surface area contributed by atoms with E-state index in [1.165, 1.54) is 5.56 Å². The summed E-state index contributed by atoms with van der Waals surface area (Å²) in [4.78, 5) is 5.16. The second-order valence-corrected chi connectivity index (χ2v) is 3.87. The summed E-state index contributed by atoms with van der Waals surface area (Å²) in [7, 11) is 0. The van der Waals surface area contributed by atoms with Crippen LogP contribution in [0, 0.1) is 6.92 Å². The Balaban J connectivity index is 2.33. The Morgan fingerprint density at radius 1 is 1.33 bits per heavy atom. The van der Waals surface area contributed by atoms with Crippen LogP contribution in [0.3, 0.4) is 0 Å². The Morgan fingerprint density at radius 2 is 2.11 bits per heavy atom. The van der Waals surface area contributed by atoms with Gasteiger partial charge in [-0.25, -0.2) is 0 Å². The number of hydrogen-bond acceptors (Lipinski definition) is 3. The summed E-state index contributed by atoms with van der Waals surface area (Å²) in [6.07, 6.45) is 3.27. The van der Waals surface area contributed by atoms with Gasteiger partial charge in [0, 0.05) is 5.56 Å². The summed E-state index contributed by atoms with van der Waals surface area (Å²) in [6.45, 7) is 6.00. The minimum atomic E-state index is 0.371. The van der Waals surface area contributed by atoms with Gasteiger partial charge < -0.3 is 9.25 Å². The van der Waals surface area contributed by atoms with E-state index in [2.05, 4.69) is 11.7 Å². The smallest absolute Gasteiger partial charge is 0.156 e. The van der Waals surface area contributed by atoms with Crippen molar-refractivity contribution in [2.75, 3.05) is 6.61 Å². The van der Waals surface area contributed by atoms with Gasteiger partial charge in [0.25, 0.3) is 0 Å². The van der Waals surface area contributed by atoms with Crippen molar-refractivity contribution in [2.45, 2.75) is 6.92 Å². The van der Waals surface area contributed by atoms with Gasteiger partial charge in [0.1, 0.15) is 6.61 Å². The monoisotopic (exact) mass is 241 g/mol. The molecule has 2 aromatic rings. The molecular formula is C15H15NO2. The fourth-order valence-electron chi connectivity index (χ4n) is 1.52. The van der Waals surface area contributed by atoms with Crippen molar-refractivity contribution in [3.8, 4) is 0 Å². The van der Waals surface area contributed by atoms with Crippen LogP contribution >= 0.6 is 0 Å². The van der Waals surface area contributed by atoms with Crippen molar-refractivity contribution in [1.29, 1.82) is 0 Å². The summed E-state index contributed by atoms with van der Waals surface area (Å²) in [5, 5.41) is 4.11. The molecule has 18 heavy (non-hydrogen) atoms. The minimum absolute atomic E-state index is 0.371. The van der Waals surface area contributed by atoms with Gasteiger partial charge in [0.15, 0.2) is 11.5 Å². The standard InChI is InChI=1S/C15H15NO2/c1-3-10-18-16-15(14-5-4-11-17-14)13-8-6-12(2)7-9-13/h3-9,11H,1,10H2,2H3/b16-15-. The maximum atomic E-state index is 5.37. The third kappa shape index (κ3) is 2.88. The zero-order valence-electron chi connectivity index (χ0n) is 10.3. The average Bonchev–Trinajstić information content (AvgIpc) is 2.90. The summed E-state index contributed by atoms with van der Waals surface area (Å²) >= 11 is 0. The van der Waals surface area contributed by atoms with Gasteiger partial charge in [-0.2, -0.15) is 0 Å². The van der Waals surface area contributed by atoms with E-state index in [9.17, 15) is 0 Å². The quantitative estimate of drug-likeness (QED) is 0.347. The third-order valence-electron chi connectivity index (χ3n) is 2.43. The maximum absolute atomic E-state index is 5.37. The number of nitrogens with zero attached hydrogens (tertiary/aromatic N) is 1. The minimum Gasteiger partial charge on any atom is -0.463 e. The SMILES string of the molecule is C=CCO/N=C(/c1ccc(C)cc1)c1ccco1. The van der Waals surface area contributed by atoms with Crippen LogP contribution in [0.4, 0.5) is 0 Å². The Morgan fingerprint density at radius 3 is 2.72 bits per heavy atom. The van der Waals surface area contributed by atoms with Crippen LogP contribution in [0.2, 0.25) is 0 Å². The lowest BCUT2D eigenvalue weighted by Crippen LogP contribution is -2.03. The molecule has 0 aliphatic carbocycles. The van der Waals surface area contributed by atoms with Crippen molar-refractivity contribution < 1.29 is 9.25 Å². The fraction of sp³-hybridized carbons (Fsp3) is 0.133. The molecule has 0 atom stereocenters. The van der Waals surface area contributed by atoms with E-state index in [1.54, 1.807) is 12.3 Å². The molecule has 0 N–H and O–H groups in total. The predicted molar refractivity (Wildman–Crippen MR) is 71.7 cm³/mol. The Hall–Kier alpha value is -2.29. The molecule has 0 fully saturated rings. The van der Waals surface area contributed by atoms with Crippen molar-refractivity contribution in [2.24, 2.45) is 5.16 Å². The van der Waals surface area contributed by atoms with E-state index in [0.29, 0.717) is 18.1 Å². The summed E-state index contributed by atoms with van der Waals surface area (Å²) < 4.78 is 5.37. The van der Waals surface area contributed by atoms with Crippen molar-refractivity contribution in [3.05, 3.63) is 72.2 Å². The summed E-state index contributed by atoms with van der Waals surface area (Å²) in [6, 6.07) is 11.7. The number of furan rings is 1. The molecule has 0 unspecified atom stereocenters. The van der Waals surface area contributed by atoms with Crippen LogP contribution in [0.15, 0.2) is 64.9 Å². The molecular weight excluding hydrogens is 226 g/mol. The molecule has 0 radical (unpaired) electrons. The average molecular weight is 241 g/mol. The predicted octanol–water partition coefficient (Wildman–Crippen LogP) is 3.54. The number of hydrogen-bond donors (Lipinski definition) is 0. The molecule has 0 saturated carbocycles. The van der Waals surface area contributed by atoms with E-state index >= 15 is 0 Å². The van der Waals surface area contributed by atoms with Crippen molar-refractivity contribution in [1.82, 2.24) is 0 Å². The molecule has 0 aliphatic rings. The first-order chi connectivity index (χ1) is 8.81. The molecule has 2 rings (SSSR count). The molecule has 0 aliphatic heterocycles. The van der Waals surface area contributed by atoms with Gasteiger partial charge in [-0.15, -0.1) is 0 Å². The molecule has 0 saturated heterocycles. The number of aryl methyl sites for hydroxylation is 1. The zero-order chi connectivity index (χ0) is 12.8. The van der Waals surface area contributed by atoms with Crippen LogP contribution < -0.4 is 0 Å². The highest BCUT2D eigenvalue weighted by Gasteiger charge is 2.10. The van der Waals surface area contributed by atoms with Gasteiger partial charge in [-0.1, -0.05) is 47.6 Å². The molecule has 0 bridgehead atoms. The second-order valence-electron chi connectivity index (χ2n) is 3.87. The van der Waals surface area contributed by atoms with Crippen LogP contribution in [0.5, 0.6) is 0 Å². The first-order valence-corrected chi connectivity index (χ1v) is 5.73. The Kier molecular flexibility index (Phi) is 3.97. The topological polar surface area (TPSA) is 34.7 Å². The van der Waals surface area contributed by atoms with Crippen LogP contribution in [0.1, 0.15) is 16.9 Å². The van der Waals surface area contributed by atoms with Gasteiger partial charge in [-0.3, -0.25) is 0 Å². The first-order valence-electron chi connectivity index (χ1n) is 5.73. The van der Waals surface area contributed by atoms with E-state index in [4.69, 9.17) is 9.25 Å². The fourth-order valence-corrected chi connectivity index (χ4v) is 1.52. The van der Waals surface area contributed by atoms with Gasteiger partial charge in [-0.05, 0) is 19.1 Å². The number of benzene rings is 1. The van der Waals surface area contributed by atoms with E-state index in [-0.39, 0.29) is 0 Å². The van der Waals surface area contributed by atoms with E-state index < -0.39 is 0 Å². The second kappa shape index (κ2) is 5.87. The zero-order valence-corrected chi connectivity index (χ0v) is 10.3. The summed E-state index contributed by atoms with van der Waals surface area (Å²) in [5.74, 6) is 0.683. The highest BCUT2D eigenvalue weighted by molar-refractivity contribution is 6.10. The van der Waals surface area contributed by atoms with Crippen molar-refractivity contribution in [3.63, 3.8) is 0 Å². The molecule has 3 heteroatoms. The molecule has 0 spiro atoms. The molecule has 1 aromatic carbocycles. The number of rotatable bonds is 5.